The minimum Gasteiger partial charge on any atom is -1.00 e. The van der Waals surface area contributed by atoms with Crippen molar-refractivity contribution in [2.24, 2.45) is 0 Å². The largest absolute Gasteiger partial charge is 1.00 e. The molecule has 0 atom stereocenters. The van der Waals surface area contributed by atoms with Crippen molar-refractivity contribution in [1.29, 1.82) is 0 Å². The molecule has 0 aliphatic rings. The van der Waals surface area contributed by atoms with Crippen LogP contribution in [-0.4, -0.2) is 20.6 Å². The predicted octanol–water partition coefficient (Wildman–Crippen LogP) is 0.0576. The standard InChI is InChI=1S/C12H20N.BrH/c1-4-5-11-13(2,3)12-9-7-6-8-10-12;/h6-10H,4-5,11H2,1-3H3;1H/q+1;/p-1. The van der Waals surface area contributed by atoms with Gasteiger partial charge in [-0.15, -0.1) is 0 Å². The maximum absolute atomic E-state index is 2.27. The van der Waals surface area contributed by atoms with E-state index in [-0.39, 0.29) is 17.0 Å². The Morgan fingerprint density at radius 1 is 1.07 bits per heavy atom. The van der Waals surface area contributed by atoms with Crippen molar-refractivity contribution >= 4 is 5.69 Å². The van der Waals surface area contributed by atoms with Gasteiger partial charge in [-0.05, 0) is 18.6 Å². The molecule has 0 bridgehead atoms. The van der Waals surface area contributed by atoms with Crippen molar-refractivity contribution in [3.05, 3.63) is 30.3 Å². The van der Waals surface area contributed by atoms with Crippen molar-refractivity contribution < 1.29 is 17.0 Å². The molecule has 1 aromatic rings. The summed E-state index contributed by atoms with van der Waals surface area (Å²) in [5, 5.41) is 0. The van der Waals surface area contributed by atoms with Gasteiger partial charge >= 0.3 is 0 Å². The van der Waals surface area contributed by atoms with E-state index < -0.39 is 0 Å². The van der Waals surface area contributed by atoms with Gasteiger partial charge in [0, 0.05) is 0 Å². The van der Waals surface area contributed by atoms with E-state index >= 15 is 0 Å². The first kappa shape index (κ1) is 13.7. The van der Waals surface area contributed by atoms with Crippen LogP contribution in [0.15, 0.2) is 30.3 Å². The maximum Gasteiger partial charge on any atom is 0.132 e. The Bertz CT molecular complexity index is 244. The Labute approximate surface area is 98.1 Å². The summed E-state index contributed by atoms with van der Waals surface area (Å²) in [4.78, 5) is 0. The van der Waals surface area contributed by atoms with Gasteiger partial charge in [0.2, 0.25) is 0 Å². The lowest BCUT2D eigenvalue weighted by molar-refractivity contribution is -0.00000295. The summed E-state index contributed by atoms with van der Waals surface area (Å²) in [6.07, 6.45) is 2.57. The van der Waals surface area contributed by atoms with Gasteiger partial charge in [-0.3, -0.25) is 4.48 Å². The molecule has 0 spiro atoms. The molecular formula is C12H20BrN. The second-order valence-corrected chi connectivity index (χ2v) is 4.10. The predicted molar refractivity (Wildman–Crippen MR) is 59.9 cm³/mol. The van der Waals surface area contributed by atoms with Crippen LogP contribution in [-0.2, 0) is 0 Å². The van der Waals surface area contributed by atoms with E-state index in [0.29, 0.717) is 0 Å². The second-order valence-electron chi connectivity index (χ2n) is 4.10. The average molecular weight is 258 g/mol. The first-order valence-corrected chi connectivity index (χ1v) is 5.05. The van der Waals surface area contributed by atoms with E-state index in [4.69, 9.17) is 0 Å². The van der Waals surface area contributed by atoms with E-state index in [9.17, 15) is 0 Å². The van der Waals surface area contributed by atoms with E-state index in [1.54, 1.807) is 0 Å². The summed E-state index contributed by atoms with van der Waals surface area (Å²) in [7, 11) is 4.54. The second kappa shape index (κ2) is 6.20. The first-order chi connectivity index (χ1) is 6.17. The lowest BCUT2D eigenvalue weighted by atomic mass is 10.2. The number of benzene rings is 1. The Kier molecular flexibility index (Phi) is 6.05. The highest BCUT2D eigenvalue weighted by atomic mass is 79.9. The van der Waals surface area contributed by atoms with E-state index in [1.807, 2.05) is 0 Å². The van der Waals surface area contributed by atoms with Crippen molar-refractivity contribution in [1.82, 2.24) is 4.48 Å². The smallest absolute Gasteiger partial charge is 0.132 e. The van der Waals surface area contributed by atoms with Crippen molar-refractivity contribution in [2.75, 3.05) is 20.6 Å². The molecule has 2 heteroatoms. The maximum atomic E-state index is 2.27. The summed E-state index contributed by atoms with van der Waals surface area (Å²) in [6, 6.07) is 10.7. The molecule has 0 unspecified atom stereocenters. The number of hydrogen-bond acceptors (Lipinski definition) is 0. The zero-order valence-electron chi connectivity index (χ0n) is 9.33. The molecule has 0 heterocycles. The lowest BCUT2D eigenvalue weighted by Crippen LogP contribution is -3.00. The molecule has 0 saturated carbocycles. The zero-order chi connectivity index (χ0) is 9.73. The number of quaternary nitrogens is 1. The summed E-state index contributed by atoms with van der Waals surface area (Å²) < 4.78 is 0.995. The minimum atomic E-state index is 0. The van der Waals surface area contributed by atoms with Gasteiger partial charge in [0.15, 0.2) is 0 Å². The molecular weight excluding hydrogens is 238 g/mol. The molecule has 0 aliphatic carbocycles. The van der Waals surface area contributed by atoms with Crippen LogP contribution < -0.4 is 21.5 Å². The molecule has 0 N–H and O–H groups in total. The van der Waals surface area contributed by atoms with Gasteiger partial charge in [-0.2, -0.15) is 0 Å². The highest BCUT2D eigenvalue weighted by molar-refractivity contribution is 5.40. The molecule has 1 nitrogen and oxygen atoms in total. The van der Waals surface area contributed by atoms with E-state index in [1.165, 1.54) is 25.1 Å². The minimum absolute atomic E-state index is 0. The highest BCUT2D eigenvalue weighted by Gasteiger charge is 2.16. The Morgan fingerprint density at radius 2 is 1.64 bits per heavy atom. The number of para-hydroxylation sites is 1. The van der Waals surface area contributed by atoms with E-state index in [2.05, 4.69) is 51.4 Å². The average Bonchev–Trinajstić information content (AvgIpc) is 2.16. The summed E-state index contributed by atoms with van der Waals surface area (Å²) in [6.45, 7) is 3.46. The summed E-state index contributed by atoms with van der Waals surface area (Å²) >= 11 is 0. The monoisotopic (exact) mass is 257 g/mol. The third kappa shape index (κ3) is 3.81. The SMILES string of the molecule is CCCC[N+](C)(C)c1ccccc1.[Br-]. The summed E-state index contributed by atoms with van der Waals surface area (Å²) in [5.74, 6) is 0. The highest BCUT2D eigenvalue weighted by Crippen LogP contribution is 2.18. The Morgan fingerprint density at radius 3 is 2.14 bits per heavy atom. The Balaban J connectivity index is 0.00000169. The van der Waals surface area contributed by atoms with Gasteiger partial charge in [0.05, 0.1) is 20.6 Å². The number of nitrogens with zero attached hydrogens (tertiary/aromatic N) is 1. The van der Waals surface area contributed by atoms with Crippen molar-refractivity contribution in [3.8, 4) is 0 Å². The number of halogens is 1. The normalized spacial score (nSPS) is 10.8. The molecule has 0 saturated heterocycles. The number of hydrogen-bond donors (Lipinski definition) is 0. The van der Waals surface area contributed by atoms with Crippen LogP contribution in [0.1, 0.15) is 19.8 Å². The number of rotatable bonds is 4. The fraction of sp³-hybridized carbons (Fsp3) is 0.500. The van der Waals surface area contributed by atoms with Crippen LogP contribution in [0.3, 0.4) is 0 Å². The molecule has 0 aliphatic heterocycles. The van der Waals surface area contributed by atoms with Crippen molar-refractivity contribution in [2.45, 2.75) is 19.8 Å². The van der Waals surface area contributed by atoms with E-state index in [0.717, 1.165) is 4.48 Å². The molecule has 80 valence electrons. The fourth-order valence-electron chi connectivity index (χ4n) is 1.51. The molecule has 1 aromatic carbocycles. The van der Waals surface area contributed by atoms with Crippen LogP contribution in [0.25, 0.3) is 0 Å². The third-order valence-electron chi connectivity index (χ3n) is 2.53. The molecule has 0 fully saturated rings. The number of unbranched alkanes of at least 4 members (excludes halogenated alkanes) is 1. The topological polar surface area (TPSA) is 0 Å². The Hall–Kier alpha value is -0.340. The van der Waals surface area contributed by atoms with Crippen LogP contribution in [0.4, 0.5) is 5.69 Å². The van der Waals surface area contributed by atoms with Gasteiger partial charge in [-0.1, -0.05) is 31.5 Å². The first-order valence-electron chi connectivity index (χ1n) is 5.05. The van der Waals surface area contributed by atoms with Crippen molar-refractivity contribution in [3.63, 3.8) is 0 Å². The molecule has 0 aromatic heterocycles. The molecule has 0 radical (unpaired) electrons. The zero-order valence-corrected chi connectivity index (χ0v) is 10.9. The van der Waals surface area contributed by atoms with Gasteiger partial charge in [-0.25, -0.2) is 0 Å². The van der Waals surface area contributed by atoms with Gasteiger partial charge in [0.1, 0.15) is 5.69 Å². The van der Waals surface area contributed by atoms with Gasteiger partial charge < -0.3 is 17.0 Å². The van der Waals surface area contributed by atoms with Crippen LogP contribution in [0.5, 0.6) is 0 Å². The summed E-state index contributed by atoms with van der Waals surface area (Å²) in [5.41, 5.74) is 1.40. The molecule has 0 amide bonds. The lowest BCUT2D eigenvalue weighted by Gasteiger charge is -2.29. The van der Waals surface area contributed by atoms with Gasteiger partial charge in [0.25, 0.3) is 0 Å². The molecule has 1 rings (SSSR count). The van der Waals surface area contributed by atoms with Crippen LogP contribution in [0, 0.1) is 0 Å². The van der Waals surface area contributed by atoms with Crippen LogP contribution in [0.2, 0.25) is 0 Å². The quantitative estimate of drug-likeness (QED) is 0.670. The fourth-order valence-corrected chi connectivity index (χ4v) is 1.51. The molecule has 14 heavy (non-hydrogen) atoms. The third-order valence-corrected chi connectivity index (χ3v) is 2.53. The van der Waals surface area contributed by atoms with Crippen LogP contribution >= 0.6 is 0 Å².